The Bertz CT molecular complexity index is 829. The van der Waals surface area contributed by atoms with Gasteiger partial charge in [-0.05, 0) is 17.2 Å². The first-order valence-electron chi connectivity index (χ1n) is 9.27. The van der Waals surface area contributed by atoms with E-state index in [4.69, 9.17) is 4.74 Å². The predicted molar refractivity (Wildman–Crippen MR) is 105 cm³/mol. The van der Waals surface area contributed by atoms with Crippen LogP contribution in [0.2, 0.25) is 0 Å². The maximum Gasteiger partial charge on any atom is 0.234 e. The summed E-state index contributed by atoms with van der Waals surface area (Å²) in [5.41, 5.74) is 2.03. The Morgan fingerprint density at radius 1 is 0.926 bits per heavy atom. The molecule has 1 amide bonds. The number of pyridine rings is 1. The highest BCUT2D eigenvalue weighted by molar-refractivity contribution is 5.87. The van der Waals surface area contributed by atoms with Gasteiger partial charge in [-0.2, -0.15) is 0 Å². The number of ether oxygens (including phenoxy) is 1. The molecule has 4 heteroatoms. The van der Waals surface area contributed by atoms with Crippen molar-refractivity contribution >= 4 is 5.91 Å². The molecule has 2 aromatic carbocycles. The first-order chi connectivity index (χ1) is 13.3. The predicted octanol–water partition coefficient (Wildman–Crippen LogP) is 3.89. The first-order valence-corrected chi connectivity index (χ1v) is 9.27. The minimum absolute atomic E-state index is 0.0175. The van der Waals surface area contributed by atoms with E-state index in [9.17, 15) is 4.79 Å². The van der Waals surface area contributed by atoms with Crippen LogP contribution in [0.15, 0.2) is 85.1 Å². The molecule has 1 aliphatic rings. The molecule has 1 atom stereocenters. The molecule has 1 fully saturated rings. The number of rotatable bonds is 5. The molecule has 1 saturated heterocycles. The Morgan fingerprint density at radius 3 is 2.15 bits per heavy atom. The molecule has 27 heavy (non-hydrogen) atoms. The average Bonchev–Trinajstić information content (AvgIpc) is 3.19. The van der Waals surface area contributed by atoms with Gasteiger partial charge in [0.05, 0.1) is 12.5 Å². The van der Waals surface area contributed by atoms with E-state index in [0.29, 0.717) is 19.0 Å². The van der Waals surface area contributed by atoms with Gasteiger partial charge in [-0.3, -0.25) is 4.79 Å². The Morgan fingerprint density at radius 2 is 1.56 bits per heavy atom. The molecule has 0 aliphatic carbocycles. The maximum atomic E-state index is 13.4. The number of hydrogen-bond donors (Lipinski definition) is 0. The third-order valence-corrected chi connectivity index (χ3v) is 4.89. The Labute approximate surface area is 159 Å². The second-order valence-corrected chi connectivity index (χ2v) is 6.74. The Kier molecular flexibility index (Phi) is 5.15. The van der Waals surface area contributed by atoms with E-state index in [1.165, 1.54) is 0 Å². The van der Waals surface area contributed by atoms with Gasteiger partial charge < -0.3 is 9.64 Å². The summed E-state index contributed by atoms with van der Waals surface area (Å²) in [6.07, 6.45) is 2.52. The van der Waals surface area contributed by atoms with Crippen LogP contribution in [0.5, 0.6) is 5.88 Å². The lowest BCUT2D eigenvalue weighted by atomic mass is 9.90. The van der Waals surface area contributed by atoms with E-state index in [-0.39, 0.29) is 17.9 Å². The number of carbonyl (C=O) groups excluding carboxylic acids is 1. The SMILES string of the molecule is O=C(C(c1ccccc1)c1ccccc1)N1CCC(Oc2ccccn2)C1. The Hall–Kier alpha value is -3.14. The number of aromatic nitrogens is 1. The van der Waals surface area contributed by atoms with E-state index in [2.05, 4.69) is 4.98 Å². The molecular weight excluding hydrogens is 336 g/mol. The van der Waals surface area contributed by atoms with E-state index in [1.807, 2.05) is 83.8 Å². The van der Waals surface area contributed by atoms with Gasteiger partial charge in [0, 0.05) is 25.2 Å². The van der Waals surface area contributed by atoms with Crippen LogP contribution in [0.25, 0.3) is 0 Å². The van der Waals surface area contributed by atoms with Crippen LogP contribution < -0.4 is 4.74 Å². The lowest BCUT2D eigenvalue weighted by molar-refractivity contribution is -0.131. The first kappa shape index (κ1) is 17.3. The summed E-state index contributed by atoms with van der Waals surface area (Å²) in [7, 11) is 0. The number of hydrogen-bond acceptors (Lipinski definition) is 3. The van der Waals surface area contributed by atoms with Crippen LogP contribution in [0.1, 0.15) is 23.5 Å². The summed E-state index contributed by atoms with van der Waals surface area (Å²) in [5, 5.41) is 0. The van der Waals surface area contributed by atoms with E-state index >= 15 is 0 Å². The zero-order valence-electron chi connectivity index (χ0n) is 15.1. The molecular formula is C23H22N2O2. The summed E-state index contributed by atoms with van der Waals surface area (Å²) in [6.45, 7) is 1.29. The van der Waals surface area contributed by atoms with Crippen molar-refractivity contribution in [3.63, 3.8) is 0 Å². The maximum absolute atomic E-state index is 13.4. The zero-order valence-corrected chi connectivity index (χ0v) is 15.1. The summed E-state index contributed by atoms with van der Waals surface area (Å²) in [6, 6.07) is 25.6. The molecule has 0 spiro atoms. The smallest absolute Gasteiger partial charge is 0.234 e. The van der Waals surface area contributed by atoms with Crippen LogP contribution in [0.4, 0.5) is 0 Å². The van der Waals surface area contributed by atoms with Crippen LogP contribution in [-0.4, -0.2) is 35.0 Å². The zero-order chi connectivity index (χ0) is 18.5. The van der Waals surface area contributed by atoms with Gasteiger partial charge in [0.2, 0.25) is 11.8 Å². The normalized spacial score (nSPS) is 16.5. The molecule has 4 rings (SSSR count). The molecule has 4 nitrogen and oxygen atoms in total. The minimum atomic E-state index is -0.291. The minimum Gasteiger partial charge on any atom is -0.472 e. The van der Waals surface area contributed by atoms with Crippen LogP contribution in [0.3, 0.4) is 0 Å². The van der Waals surface area contributed by atoms with Crippen molar-refractivity contribution in [3.8, 4) is 5.88 Å². The monoisotopic (exact) mass is 358 g/mol. The number of nitrogens with zero attached hydrogens (tertiary/aromatic N) is 2. The van der Waals surface area contributed by atoms with Crippen molar-refractivity contribution in [1.82, 2.24) is 9.88 Å². The van der Waals surface area contributed by atoms with Crippen LogP contribution >= 0.6 is 0 Å². The molecule has 0 saturated carbocycles. The van der Waals surface area contributed by atoms with Gasteiger partial charge in [0.15, 0.2) is 0 Å². The highest BCUT2D eigenvalue weighted by Crippen LogP contribution is 2.29. The lowest BCUT2D eigenvalue weighted by Gasteiger charge is -2.24. The van der Waals surface area contributed by atoms with Crippen molar-refractivity contribution in [2.45, 2.75) is 18.4 Å². The molecule has 1 unspecified atom stereocenters. The van der Waals surface area contributed by atoms with Crippen molar-refractivity contribution in [3.05, 3.63) is 96.2 Å². The highest BCUT2D eigenvalue weighted by Gasteiger charge is 2.33. The van der Waals surface area contributed by atoms with Crippen molar-refractivity contribution in [1.29, 1.82) is 0 Å². The van der Waals surface area contributed by atoms with Crippen LogP contribution in [0, 0.1) is 0 Å². The van der Waals surface area contributed by atoms with Gasteiger partial charge in [-0.25, -0.2) is 4.98 Å². The molecule has 0 radical (unpaired) electrons. The van der Waals surface area contributed by atoms with E-state index in [1.54, 1.807) is 6.20 Å². The second kappa shape index (κ2) is 8.04. The summed E-state index contributed by atoms with van der Waals surface area (Å²) < 4.78 is 5.94. The number of benzene rings is 2. The van der Waals surface area contributed by atoms with Gasteiger partial charge in [-0.15, -0.1) is 0 Å². The summed E-state index contributed by atoms with van der Waals surface area (Å²) in [4.78, 5) is 19.5. The Balaban J connectivity index is 1.52. The summed E-state index contributed by atoms with van der Waals surface area (Å²) >= 11 is 0. The van der Waals surface area contributed by atoms with Gasteiger partial charge in [0.25, 0.3) is 0 Å². The molecule has 2 heterocycles. The number of amides is 1. The fourth-order valence-electron chi connectivity index (χ4n) is 3.56. The molecule has 0 N–H and O–H groups in total. The van der Waals surface area contributed by atoms with Crippen molar-refractivity contribution in [2.75, 3.05) is 13.1 Å². The fourth-order valence-corrected chi connectivity index (χ4v) is 3.56. The van der Waals surface area contributed by atoms with Crippen molar-refractivity contribution in [2.24, 2.45) is 0 Å². The molecule has 1 aromatic heterocycles. The quantitative estimate of drug-likeness (QED) is 0.695. The molecule has 136 valence electrons. The highest BCUT2D eigenvalue weighted by atomic mass is 16.5. The molecule has 0 bridgehead atoms. The standard InChI is InChI=1S/C23H22N2O2/c26-23(25-16-14-20(17-25)27-21-13-7-8-15-24-21)22(18-9-3-1-4-10-18)19-11-5-2-6-12-19/h1-13,15,20,22H,14,16-17H2. The number of likely N-dealkylation sites (tertiary alicyclic amines) is 1. The lowest BCUT2D eigenvalue weighted by Crippen LogP contribution is -2.35. The third-order valence-electron chi connectivity index (χ3n) is 4.89. The van der Waals surface area contributed by atoms with Gasteiger partial charge in [-0.1, -0.05) is 66.7 Å². The third kappa shape index (κ3) is 4.00. The molecule has 1 aliphatic heterocycles. The second-order valence-electron chi connectivity index (χ2n) is 6.74. The average molecular weight is 358 g/mol. The van der Waals surface area contributed by atoms with Crippen LogP contribution in [-0.2, 0) is 4.79 Å². The molecule has 3 aromatic rings. The summed E-state index contributed by atoms with van der Waals surface area (Å²) in [5.74, 6) is 0.444. The van der Waals surface area contributed by atoms with E-state index < -0.39 is 0 Å². The van der Waals surface area contributed by atoms with Gasteiger partial charge >= 0.3 is 0 Å². The fraction of sp³-hybridized carbons (Fsp3) is 0.217. The topological polar surface area (TPSA) is 42.4 Å². The van der Waals surface area contributed by atoms with Gasteiger partial charge in [0.1, 0.15) is 6.10 Å². The van der Waals surface area contributed by atoms with Crippen molar-refractivity contribution < 1.29 is 9.53 Å². The number of carbonyl (C=O) groups is 1. The largest absolute Gasteiger partial charge is 0.472 e. The van der Waals surface area contributed by atoms with E-state index in [0.717, 1.165) is 17.5 Å².